The Bertz CT molecular complexity index is 2060. The molecule has 0 saturated heterocycles. The molecule has 4 aromatic carbocycles. The van der Waals surface area contributed by atoms with Crippen molar-refractivity contribution in [3.63, 3.8) is 0 Å². The Morgan fingerprint density at radius 1 is 0.446 bits per heavy atom. The van der Waals surface area contributed by atoms with Crippen molar-refractivity contribution in [3.8, 4) is 47.4 Å². The van der Waals surface area contributed by atoms with E-state index < -0.39 is 34.9 Å². The van der Waals surface area contributed by atoms with Crippen molar-refractivity contribution in [2.45, 2.75) is 26.7 Å². The zero-order chi connectivity index (χ0) is 39.8. The third-order valence-corrected chi connectivity index (χ3v) is 7.79. The molecular formula is C48H42N2O6. The van der Waals surface area contributed by atoms with Crippen LogP contribution in [0.2, 0.25) is 0 Å². The average molecular weight is 743 g/mol. The Morgan fingerprint density at radius 2 is 0.732 bits per heavy atom. The van der Waals surface area contributed by atoms with E-state index >= 15 is 0 Å². The number of esters is 2. The number of hydrogen-bond donors (Lipinski definition) is 0. The van der Waals surface area contributed by atoms with E-state index in [1.807, 2.05) is 121 Å². The topological polar surface area (TPSA) is 93.2 Å². The number of rotatable bonds is 12. The van der Waals surface area contributed by atoms with Crippen LogP contribution in [0, 0.1) is 47.4 Å². The molecule has 0 atom stereocenters. The average Bonchev–Trinajstić information content (AvgIpc) is 3.22. The van der Waals surface area contributed by atoms with Crippen molar-refractivity contribution in [3.05, 3.63) is 155 Å². The summed E-state index contributed by atoms with van der Waals surface area (Å²) < 4.78 is 10.6. The minimum absolute atomic E-state index is 0.0245. The van der Waals surface area contributed by atoms with Gasteiger partial charge in [-0.2, -0.15) is 0 Å². The predicted octanol–water partition coefficient (Wildman–Crippen LogP) is 6.05. The predicted molar refractivity (Wildman–Crippen MR) is 216 cm³/mol. The lowest BCUT2D eigenvalue weighted by molar-refractivity contribution is -0.147. The van der Waals surface area contributed by atoms with Gasteiger partial charge in [0.05, 0.1) is 26.3 Å². The van der Waals surface area contributed by atoms with E-state index in [1.54, 1.807) is 13.8 Å². The first-order valence-electron chi connectivity index (χ1n) is 18.2. The molecule has 0 aromatic heterocycles. The second-order valence-corrected chi connectivity index (χ2v) is 11.8. The number of carbonyl (C=O) groups is 4. The van der Waals surface area contributed by atoms with Gasteiger partial charge < -0.3 is 19.3 Å². The van der Waals surface area contributed by atoms with Gasteiger partial charge in [0.2, 0.25) is 0 Å². The van der Waals surface area contributed by atoms with Crippen molar-refractivity contribution in [2.75, 3.05) is 39.4 Å². The Morgan fingerprint density at radius 3 is 1.02 bits per heavy atom. The van der Waals surface area contributed by atoms with Gasteiger partial charge in [0, 0.05) is 48.2 Å². The summed E-state index contributed by atoms with van der Waals surface area (Å²) in [6, 6.07) is 37.1. The lowest BCUT2D eigenvalue weighted by Gasteiger charge is -2.24. The van der Waals surface area contributed by atoms with E-state index in [0.717, 1.165) is 22.3 Å². The monoisotopic (exact) mass is 742 g/mol. The largest absolute Gasteiger partial charge is 0.462 e. The molecule has 0 aliphatic carbocycles. The van der Waals surface area contributed by atoms with Gasteiger partial charge in [-0.3, -0.25) is 9.59 Å². The fraction of sp³-hybridized carbons (Fsp3) is 0.208. The van der Waals surface area contributed by atoms with Crippen LogP contribution in [-0.2, 0) is 28.7 Å². The summed E-state index contributed by atoms with van der Waals surface area (Å²) in [6.07, 6.45) is 0.404. The van der Waals surface area contributed by atoms with Gasteiger partial charge in [0.15, 0.2) is 0 Å². The molecule has 0 radical (unpaired) electrons. The molecule has 0 N–H and O–H groups in total. The molecule has 0 unspecified atom stereocenters. The summed E-state index contributed by atoms with van der Waals surface area (Å²) in [5, 5.41) is 0. The number of benzene rings is 4. The van der Waals surface area contributed by atoms with Crippen LogP contribution in [0.15, 0.2) is 132 Å². The fourth-order valence-corrected chi connectivity index (χ4v) is 5.09. The number of ether oxygens (including phenoxy) is 2. The Balaban J connectivity index is 1.78. The first-order chi connectivity index (χ1) is 27.4. The number of carbonyl (C=O) groups excluding carboxylic acids is 4. The van der Waals surface area contributed by atoms with E-state index in [4.69, 9.17) is 9.47 Å². The molecule has 280 valence electrons. The molecule has 0 spiro atoms. The van der Waals surface area contributed by atoms with Gasteiger partial charge in [-0.1, -0.05) is 120 Å². The molecule has 0 aliphatic rings. The molecule has 0 fully saturated rings. The van der Waals surface area contributed by atoms with Crippen LogP contribution in [0.5, 0.6) is 0 Å². The zero-order valence-electron chi connectivity index (χ0n) is 31.5. The van der Waals surface area contributed by atoms with Crippen LogP contribution in [0.25, 0.3) is 0 Å². The Labute approximate surface area is 329 Å². The van der Waals surface area contributed by atoms with Gasteiger partial charge >= 0.3 is 11.9 Å². The molecule has 0 aliphatic heterocycles. The number of amides is 2. The van der Waals surface area contributed by atoms with Crippen LogP contribution >= 0.6 is 0 Å². The first kappa shape index (κ1) is 41.5. The third kappa shape index (κ3) is 13.6. The van der Waals surface area contributed by atoms with Crippen molar-refractivity contribution >= 4 is 23.8 Å². The second-order valence-electron chi connectivity index (χ2n) is 11.8. The number of hydrogen-bond acceptors (Lipinski definition) is 6. The zero-order valence-corrected chi connectivity index (χ0v) is 31.5. The highest BCUT2D eigenvalue weighted by atomic mass is 16.5. The summed E-state index contributed by atoms with van der Waals surface area (Å²) in [4.78, 5) is 59.3. The summed E-state index contributed by atoms with van der Waals surface area (Å²) >= 11 is 0. The second kappa shape index (κ2) is 23.4. The molecule has 56 heavy (non-hydrogen) atoms. The van der Waals surface area contributed by atoms with E-state index in [2.05, 4.69) is 47.4 Å². The maximum absolute atomic E-state index is 14.6. The molecule has 0 saturated carbocycles. The minimum atomic E-state index is -1.15. The van der Waals surface area contributed by atoms with Gasteiger partial charge in [-0.25, -0.2) is 9.59 Å². The maximum Gasteiger partial charge on any atom is 0.344 e. The lowest BCUT2D eigenvalue weighted by atomic mass is 10.0. The summed E-state index contributed by atoms with van der Waals surface area (Å²) in [5.74, 6) is 20.1. The van der Waals surface area contributed by atoms with E-state index in [-0.39, 0.29) is 52.2 Å². The van der Waals surface area contributed by atoms with Crippen molar-refractivity contribution < 1.29 is 28.7 Å². The SMILES string of the molecule is CCOC(=O)/C(C(=O)N(CC#Cc1ccccc1)CCC#Cc1ccccc1)=C(\C(=O)OCC)C(=O)N(CC#Cc1ccccc1)CCC#Cc1ccccc1. The molecule has 4 aromatic rings. The highest BCUT2D eigenvalue weighted by molar-refractivity contribution is 6.30. The molecule has 2 amide bonds. The van der Waals surface area contributed by atoms with Crippen molar-refractivity contribution in [1.29, 1.82) is 0 Å². The summed E-state index contributed by atoms with van der Waals surface area (Å²) in [6.45, 7) is 2.63. The van der Waals surface area contributed by atoms with Crippen LogP contribution < -0.4 is 0 Å². The lowest BCUT2D eigenvalue weighted by Crippen LogP contribution is -2.42. The first-order valence-corrected chi connectivity index (χ1v) is 18.2. The Hall–Kier alpha value is -7.26. The standard InChI is InChI=1S/C48H42N2O6/c1-3-55-47(53)43(45(51)49(37-21-33-41-27-13-7-14-28-41)35-19-17-31-39-23-9-5-10-24-39)44(48(54)56-4-2)46(52)50(38-22-34-42-29-15-8-16-30-42)36-20-18-32-40-25-11-6-12-26-40/h5-16,23-30H,3-4,19-20,35-38H2,1-2H3/b44-43-. The number of nitrogens with zero attached hydrogens (tertiary/aromatic N) is 2. The van der Waals surface area contributed by atoms with E-state index in [0.29, 0.717) is 0 Å². The molecule has 0 bridgehead atoms. The molecule has 0 heterocycles. The Kier molecular flexibility index (Phi) is 17.3. The van der Waals surface area contributed by atoms with Crippen molar-refractivity contribution in [2.24, 2.45) is 0 Å². The van der Waals surface area contributed by atoms with Crippen LogP contribution in [0.3, 0.4) is 0 Å². The van der Waals surface area contributed by atoms with Crippen LogP contribution in [-0.4, -0.2) is 72.9 Å². The van der Waals surface area contributed by atoms with E-state index in [1.165, 1.54) is 9.80 Å². The summed E-state index contributed by atoms with van der Waals surface area (Å²) in [5.41, 5.74) is 1.50. The third-order valence-electron chi connectivity index (χ3n) is 7.79. The van der Waals surface area contributed by atoms with Gasteiger partial charge in [0.25, 0.3) is 11.8 Å². The quantitative estimate of drug-likeness (QED) is 0.0577. The normalized spacial score (nSPS) is 10.2. The highest BCUT2D eigenvalue weighted by Gasteiger charge is 2.37. The minimum Gasteiger partial charge on any atom is -0.462 e. The van der Waals surface area contributed by atoms with Crippen molar-refractivity contribution in [1.82, 2.24) is 9.80 Å². The van der Waals surface area contributed by atoms with Gasteiger partial charge in [-0.05, 0) is 62.4 Å². The van der Waals surface area contributed by atoms with Crippen LogP contribution in [0.4, 0.5) is 0 Å². The molecule has 8 heteroatoms. The smallest absolute Gasteiger partial charge is 0.344 e. The summed E-state index contributed by atoms with van der Waals surface area (Å²) in [7, 11) is 0. The molecular weight excluding hydrogens is 701 g/mol. The van der Waals surface area contributed by atoms with E-state index in [9.17, 15) is 19.2 Å². The maximum atomic E-state index is 14.6. The van der Waals surface area contributed by atoms with Crippen LogP contribution in [0.1, 0.15) is 48.9 Å². The molecule has 8 nitrogen and oxygen atoms in total. The fourth-order valence-electron chi connectivity index (χ4n) is 5.09. The highest BCUT2D eigenvalue weighted by Crippen LogP contribution is 2.18. The van der Waals surface area contributed by atoms with Gasteiger partial charge in [-0.15, -0.1) is 0 Å². The van der Waals surface area contributed by atoms with Gasteiger partial charge in [0.1, 0.15) is 11.1 Å². The molecule has 4 rings (SSSR count).